The lowest BCUT2D eigenvalue weighted by Gasteiger charge is -2.21. The highest BCUT2D eigenvalue weighted by atomic mass is 35.5. The fraction of sp³-hybridized carbons (Fsp3) is 0.368. The predicted octanol–water partition coefficient (Wildman–Crippen LogP) is 4.47. The Bertz CT molecular complexity index is 656. The number of hydrogen-bond acceptors (Lipinski definition) is 3. The molecule has 124 valence electrons. The van der Waals surface area contributed by atoms with E-state index in [2.05, 4.69) is 0 Å². The zero-order valence-corrected chi connectivity index (χ0v) is 14.4. The van der Waals surface area contributed by atoms with Gasteiger partial charge in [-0.05, 0) is 68.5 Å². The number of rotatable bonds is 7. The zero-order chi connectivity index (χ0) is 16.9. The minimum atomic E-state index is -0.527. The van der Waals surface area contributed by atoms with Crippen molar-refractivity contribution in [2.75, 3.05) is 6.61 Å². The number of aliphatic hydroxyl groups is 1. The van der Waals surface area contributed by atoms with Gasteiger partial charge in [0.05, 0.1) is 6.61 Å². The van der Waals surface area contributed by atoms with Crippen molar-refractivity contribution in [3.8, 4) is 11.5 Å². The van der Waals surface area contributed by atoms with E-state index in [1.807, 2.05) is 56.3 Å². The van der Waals surface area contributed by atoms with Crippen molar-refractivity contribution in [2.45, 2.75) is 38.6 Å². The molecule has 1 atom stereocenters. The summed E-state index contributed by atoms with van der Waals surface area (Å²) >= 11 is 6.35. The largest absolute Gasteiger partial charge is 0.457 e. The smallest absolute Gasteiger partial charge is 0.128 e. The van der Waals surface area contributed by atoms with Crippen molar-refractivity contribution in [3.05, 3.63) is 58.6 Å². The van der Waals surface area contributed by atoms with Gasteiger partial charge in [0, 0.05) is 10.6 Å². The molecule has 0 heterocycles. The maximum absolute atomic E-state index is 9.17. The number of aliphatic hydroxyl groups excluding tert-OH is 1. The molecule has 0 spiro atoms. The molecule has 2 aromatic carbocycles. The summed E-state index contributed by atoms with van der Waals surface area (Å²) in [6, 6.07) is 13.7. The summed E-state index contributed by atoms with van der Waals surface area (Å²) in [7, 11) is 0. The van der Waals surface area contributed by atoms with Crippen molar-refractivity contribution in [1.29, 1.82) is 0 Å². The first-order chi connectivity index (χ1) is 10.9. The van der Waals surface area contributed by atoms with E-state index >= 15 is 0 Å². The van der Waals surface area contributed by atoms with E-state index in [-0.39, 0.29) is 6.61 Å². The summed E-state index contributed by atoms with van der Waals surface area (Å²) in [6.07, 6.45) is 2.46. The zero-order valence-electron chi connectivity index (χ0n) is 13.7. The van der Waals surface area contributed by atoms with Crippen molar-refractivity contribution >= 4 is 11.6 Å². The molecule has 0 aromatic heterocycles. The van der Waals surface area contributed by atoms with Crippen molar-refractivity contribution in [3.63, 3.8) is 0 Å². The second-order valence-corrected chi connectivity index (χ2v) is 6.74. The second kappa shape index (κ2) is 7.82. The molecule has 0 bridgehead atoms. The maximum Gasteiger partial charge on any atom is 0.128 e. The van der Waals surface area contributed by atoms with Crippen LogP contribution in [-0.4, -0.2) is 17.3 Å². The van der Waals surface area contributed by atoms with Crippen LogP contribution in [0, 0.1) is 6.92 Å². The van der Waals surface area contributed by atoms with E-state index in [1.165, 1.54) is 0 Å². The number of aryl methyl sites for hydroxylation is 2. The highest BCUT2D eigenvalue weighted by molar-refractivity contribution is 6.31. The second-order valence-electron chi connectivity index (χ2n) is 6.34. The van der Waals surface area contributed by atoms with E-state index < -0.39 is 5.54 Å². The van der Waals surface area contributed by atoms with Crippen LogP contribution in [0.2, 0.25) is 5.02 Å². The molecule has 2 aromatic rings. The minimum absolute atomic E-state index is 0.00992. The van der Waals surface area contributed by atoms with Crippen LogP contribution in [0.5, 0.6) is 11.5 Å². The average molecular weight is 334 g/mol. The first kappa shape index (κ1) is 17.8. The van der Waals surface area contributed by atoms with Gasteiger partial charge in [-0.1, -0.05) is 29.8 Å². The Balaban J connectivity index is 1.98. The maximum atomic E-state index is 9.17. The van der Waals surface area contributed by atoms with E-state index in [0.717, 1.165) is 41.9 Å². The average Bonchev–Trinajstić information content (AvgIpc) is 2.49. The van der Waals surface area contributed by atoms with Gasteiger partial charge in [-0.3, -0.25) is 0 Å². The first-order valence-corrected chi connectivity index (χ1v) is 8.20. The molecule has 0 radical (unpaired) electrons. The molecular formula is C19H24ClNO2. The van der Waals surface area contributed by atoms with E-state index in [0.29, 0.717) is 5.02 Å². The third kappa shape index (κ3) is 5.54. The van der Waals surface area contributed by atoms with Crippen LogP contribution in [-0.2, 0) is 6.42 Å². The van der Waals surface area contributed by atoms with Gasteiger partial charge in [-0.2, -0.15) is 0 Å². The van der Waals surface area contributed by atoms with Crippen molar-refractivity contribution in [2.24, 2.45) is 5.73 Å². The molecule has 0 fully saturated rings. The monoisotopic (exact) mass is 333 g/mol. The fourth-order valence-corrected chi connectivity index (χ4v) is 2.64. The van der Waals surface area contributed by atoms with Crippen LogP contribution >= 0.6 is 11.6 Å². The van der Waals surface area contributed by atoms with Gasteiger partial charge in [0.25, 0.3) is 0 Å². The summed E-state index contributed by atoms with van der Waals surface area (Å²) in [5.41, 5.74) is 7.63. The number of hydrogen-bond donors (Lipinski definition) is 2. The molecule has 4 heteroatoms. The van der Waals surface area contributed by atoms with Gasteiger partial charge in [0.2, 0.25) is 0 Å². The highest BCUT2D eigenvalue weighted by Crippen LogP contribution is 2.28. The lowest BCUT2D eigenvalue weighted by Crippen LogP contribution is -2.40. The minimum Gasteiger partial charge on any atom is -0.457 e. The van der Waals surface area contributed by atoms with Crippen LogP contribution in [0.1, 0.15) is 30.9 Å². The summed E-state index contributed by atoms with van der Waals surface area (Å²) in [5, 5.41) is 9.87. The van der Waals surface area contributed by atoms with Crippen molar-refractivity contribution < 1.29 is 9.84 Å². The predicted molar refractivity (Wildman–Crippen MR) is 95.3 cm³/mol. The molecule has 0 aliphatic heterocycles. The van der Waals surface area contributed by atoms with E-state index in [1.54, 1.807) is 0 Å². The van der Waals surface area contributed by atoms with E-state index in [9.17, 15) is 5.11 Å². The molecule has 0 aliphatic rings. The molecule has 3 N–H and O–H groups in total. The van der Waals surface area contributed by atoms with Gasteiger partial charge in [-0.15, -0.1) is 0 Å². The SMILES string of the molecule is Cc1cccc(Oc2ccc(CCCC(C)(N)CO)c(Cl)c2)c1. The Labute approximate surface area is 143 Å². The summed E-state index contributed by atoms with van der Waals surface area (Å²) in [4.78, 5) is 0. The molecule has 0 saturated heterocycles. The lowest BCUT2D eigenvalue weighted by atomic mass is 9.95. The lowest BCUT2D eigenvalue weighted by molar-refractivity contribution is 0.198. The van der Waals surface area contributed by atoms with E-state index in [4.69, 9.17) is 22.1 Å². The van der Waals surface area contributed by atoms with Gasteiger partial charge >= 0.3 is 0 Å². The summed E-state index contributed by atoms with van der Waals surface area (Å²) < 4.78 is 5.83. The normalized spacial score (nSPS) is 13.6. The van der Waals surface area contributed by atoms with Crippen molar-refractivity contribution in [1.82, 2.24) is 0 Å². The molecule has 2 rings (SSSR count). The standard InChI is InChI=1S/C19H24ClNO2/c1-14-5-3-7-16(11-14)23-17-9-8-15(18(20)12-17)6-4-10-19(2,21)13-22/h3,5,7-9,11-12,22H,4,6,10,13,21H2,1-2H3. The Morgan fingerprint density at radius 2 is 1.91 bits per heavy atom. The summed E-state index contributed by atoms with van der Waals surface area (Å²) in [6.45, 7) is 3.87. The number of halogens is 1. The molecular weight excluding hydrogens is 310 g/mol. The molecule has 23 heavy (non-hydrogen) atoms. The Morgan fingerprint density at radius 3 is 2.57 bits per heavy atom. The summed E-state index contributed by atoms with van der Waals surface area (Å²) in [5.74, 6) is 1.53. The molecule has 0 saturated carbocycles. The number of benzene rings is 2. The number of nitrogens with two attached hydrogens (primary N) is 1. The third-order valence-corrected chi connectivity index (χ3v) is 4.16. The van der Waals surface area contributed by atoms with Gasteiger partial charge in [-0.25, -0.2) is 0 Å². The highest BCUT2D eigenvalue weighted by Gasteiger charge is 2.16. The molecule has 3 nitrogen and oxygen atoms in total. The first-order valence-electron chi connectivity index (χ1n) is 7.82. The van der Waals surface area contributed by atoms with Crippen LogP contribution in [0.15, 0.2) is 42.5 Å². The quantitative estimate of drug-likeness (QED) is 0.785. The Hall–Kier alpha value is -1.55. The van der Waals surface area contributed by atoms with Crippen LogP contribution < -0.4 is 10.5 Å². The Morgan fingerprint density at radius 1 is 1.17 bits per heavy atom. The topological polar surface area (TPSA) is 55.5 Å². The van der Waals surface area contributed by atoms with Gasteiger partial charge in [0.15, 0.2) is 0 Å². The molecule has 0 aliphatic carbocycles. The molecule has 1 unspecified atom stereocenters. The third-order valence-electron chi connectivity index (χ3n) is 3.80. The Kier molecular flexibility index (Phi) is 6.05. The number of ether oxygens (including phenoxy) is 1. The van der Waals surface area contributed by atoms with Gasteiger partial charge < -0.3 is 15.6 Å². The van der Waals surface area contributed by atoms with Crippen LogP contribution in [0.3, 0.4) is 0 Å². The fourth-order valence-electron chi connectivity index (χ4n) is 2.37. The van der Waals surface area contributed by atoms with Gasteiger partial charge in [0.1, 0.15) is 11.5 Å². The van der Waals surface area contributed by atoms with Crippen LogP contribution in [0.4, 0.5) is 0 Å². The van der Waals surface area contributed by atoms with Crippen LogP contribution in [0.25, 0.3) is 0 Å². The molecule has 0 amide bonds.